The van der Waals surface area contributed by atoms with E-state index in [0.717, 1.165) is 12.2 Å². The lowest BCUT2D eigenvalue weighted by molar-refractivity contribution is 0.545. The molecule has 0 N–H and O–H groups in total. The molecule has 0 nitrogen and oxygen atoms in total. The van der Waals surface area contributed by atoms with Crippen molar-refractivity contribution in [1.29, 1.82) is 0 Å². The quantitative estimate of drug-likeness (QED) is 0.566. The molecule has 0 amide bonds. The van der Waals surface area contributed by atoms with Crippen LogP contribution in [-0.2, 0) is 0 Å². The van der Waals surface area contributed by atoms with Crippen LogP contribution >= 0.6 is 37.9 Å². The first-order valence-corrected chi connectivity index (χ1v) is 5.27. The van der Waals surface area contributed by atoms with Crippen molar-refractivity contribution in [3.63, 3.8) is 0 Å². The summed E-state index contributed by atoms with van der Waals surface area (Å²) in [7, 11) is 0. The number of hydrogen-bond acceptors (Lipinski definition) is 3. The second kappa shape index (κ2) is 5.67. The Kier molecular flexibility index (Phi) is 6.26. The first-order valence-electron chi connectivity index (χ1n) is 3.60. The van der Waals surface area contributed by atoms with E-state index in [2.05, 4.69) is 51.7 Å². The monoisotopic (exact) mass is 196 g/mol. The molecule has 0 rings (SSSR count). The van der Waals surface area contributed by atoms with Gasteiger partial charge in [-0.3, -0.25) is 0 Å². The summed E-state index contributed by atoms with van der Waals surface area (Å²) >= 11 is 13.0. The van der Waals surface area contributed by atoms with E-state index in [1.807, 2.05) is 0 Å². The normalized spacial score (nSPS) is 20.1. The van der Waals surface area contributed by atoms with Crippen molar-refractivity contribution < 1.29 is 0 Å². The van der Waals surface area contributed by atoms with Gasteiger partial charge < -0.3 is 0 Å². The fourth-order valence-electron chi connectivity index (χ4n) is 0.794. The Hall–Kier alpha value is 1.05. The van der Waals surface area contributed by atoms with E-state index in [1.165, 1.54) is 0 Å². The van der Waals surface area contributed by atoms with E-state index in [4.69, 9.17) is 0 Å². The van der Waals surface area contributed by atoms with Gasteiger partial charge in [-0.05, 0) is 12.3 Å². The Morgan fingerprint density at radius 3 is 2.00 bits per heavy atom. The van der Waals surface area contributed by atoms with Gasteiger partial charge in [0.05, 0.1) is 0 Å². The molecule has 0 heterocycles. The third kappa shape index (κ3) is 3.44. The second-order valence-corrected chi connectivity index (χ2v) is 4.28. The van der Waals surface area contributed by atoms with E-state index in [0.29, 0.717) is 16.4 Å². The van der Waals surface area contributed by atoms with Crippen LogP contribution in [0, 0.1) is 5.92 Å². The van der Waals surface area contributed by atoms with Gasteiger partial charge in [-0.2, -0.15) is 37.9 Å². The predicted octanol–water partition coefficient (Wildman–Crippen LogP) is 2.56. The Morgan fingerprint density at radius 1 is 1.20 bits per heavy atom. The van der Waals surface area contributed by atoms with Gasteiger partial charge in [-0.25, -0.2) is 0 Å². The van der Waals surface area contributed by atoms with Gasteiger partial charge in [0.15, 0.2) is 0 Å². The molecule has 3 heteroatoms. The van der Waals surface area contributed by atoms with Gasteiger partial charge in [-0.1, -0.05) is 13.8 Å². The first-order chi connectivity index (χ1) is 4.63. The average molecular weight is 196 g/mol. The van der Waals surface area contributed by atoms with Crippen molar-refractivity contribution in [3.05, 3.63) is 0 Å². The summed E-state index contributed by atoms with van der Waals surface area (Å²) < 4.78 is 0. The van der Waals surface area contributed by atoms with E-state index in [-0.39, 0.29) is 0 Å². The molecule has 10 heavy (non-hydrogen) atoms. The average Bonchev–Trinajstić information content (AvgIpc) is 2.00. The summed E-state index contributed by atoms with van der Waals surface area (Å²) in [5.41, 5.74) is 0. The fraction of sp³-hybridized carbons (Fsp3) is 1.00. The van der Waals surface area contributed by atoms with E-state index < -0.39 is 0 Å². The smallest absolute Gasteiger partial charge is 0.0141 e. The summed E-state index contributed by atoms with van der Waals surface area (Å²) in [5, 5.41) is 0.848. The third-order valence-electron chi connectivity index (χ3n) is 1.82. The minimum absolute atomic E-state index is 0.380. The van der Waals surface area contributed by atoms with Crippen LogP contribution in [0.25, 0.3) is 0 Å². The lowest BCUT2D eigenvalue weighted by Crippen LogP contribution is -2.22. The van der Waals surface area contributed by atoms with Crippen LogP contribution < -0.4 is 0 Å². The predicted molar refractivity (Wildman–Crippen MR) is 58.9 cm³/mol. The molecule has 0 bridgehead atoms. The van der Waals surface area contributed by atoms with Gasteiger partial charge in [0.2, 0.25) is 0 Å². The first kappa shape index (κ1) is 11.1. The van der Waals surface area contributed by atoms with Crippen molar-refractivity contribution in [1.82, 2.24) is 0 Å². The summed E-state index contributed by atoms with van der Waals surface area (Å²) in [6.07, 6.45) is 1.11. The lowest BCUT2D eigenvalue weighted by Gasteiger charge is -2.22. The highest BCUT2D eigenvalue weighted by molar-refractivity contribution is 7.85. The van der Waals surface area contributed by atoms with Crippen LogP contribution in [0.2, 0.25) is 0 Å². The Morgan fingerprint density at radius 2 is 1.70 bits per heavy atom. The van der Waals surface area contributed by atoms with Crippen LogP contribution in [0.3, 0.4) is 0 Å². The SMILES string of the molecule is CCC(S)C(C)C(S)CS. The fourth-order valence-corrected chi connectivity index (χ4v) is 1.68. The summed E-state index contributed by atoms with van der Waals surface area (Å²) in [5.74, 6) is 1.38. The molecular weight excluding hydrogens is 180 g/mol. The number of rotatable bonds is 4. The molecule has 0 saturated carbocycles. The van der Waals surface area contributed by atoms with Crippen LogP contribution in [0.1, 0.15) is 20.3 Å². The van der Waals surface area contributed by atoms with Gasteiger partial charge in [0.25, 0.3) is 0 Å². The highest BCUT2D eigenvalue weighted by Crippen LogP contribution is 2.21. The Labute approximate surface area is 80.4 Å². The molecule has 3 unspecified atom stereocenters. The maximum atomic E-state index is 4.44. The molecule has 0 aromatic rings. The molecule has 0 fully saturated rings. The maximum absolute atomic E-state index is 4.44. The lowest BCUT2D eigenvalue weighted by atomic mass is 10.0. The van der Waals surface area contributed by atoms with Crippen LogP contribution in [-0.4, -0.2) is 16.3 Å². The molecule has 0 radical (unpaired) electrons. The minimum atomic E-state index is 0.380. The van der Waals surface area contributed by atoms with Crippen LogP contribution in [0.4, 0.5) is 0 Å². The summed E-state index contributed by atoms with van der Waals surface area (Å²) in [6.45, 7) is 4.32. The maximum Gasteiger partial charge on any atom is 0.0141 e. The van der Waals surface area contributed by atoms with Crippen LogP contribution in [0.15, 0.2) is 0 Å². The second-order valence-electron chi connectivity index (χ2n) is 2.58. The van der Waals surface area contributed by atoms with Crippen molar-refractivity contribution in [2.45, 2.75) is 30.8 Å². The number of hydrogen-bond donors (Lipinski definition) is 3. The van der Waals surface area contributed by atoms with E-state index >= 15 is 0 Å². The van der Waals surface area contributed by atoms with Gasteiger partial charge in [-0.15, -0.1) is 0 Å². The highest BCUT2D eigenvalue weighted by Gasteiger charge is 2.17. The minimum Gasteiger partial charge on any atom is -0.178 e. The Balaban J connectivity index is 3.69. The summed E-state index contributed by atoms with van der Waals surface area (Å²) in [6, 6.07) is 0. The van der Waals surface area contributed by atoms with Crippen molar-refractivity contribution >= 4 is 37.9 Å². The molecule has 0 aliphatic heterocycles. The molecule has 3 atom stereocenters. The molecule has 0 aliphatic rings. The zero-order chi connectivity index (χ0) is 8.15. The standard InChI is InChI=1S/C7H16S3/c1-3-6(9)5(2)7(10)4-8/h5-10H,3-4H2,1-2H3. The molecule has 0 aromatic heterocycles. The van der Waals surface area contributed by atoms with Crippen molar-refractivity contribution in [3.8, 4) is 0 Å². The molecule has 0 spiro atoms. The van der Waals surface area contributed by atoms with Gasteiger partial charge in [0, 0.05) is 16.3 Å². The number of thiol groups is 3. The molecule has 0 saturated heterocycles. The largest absolute Gasteiger partial charge is 0.178 e. The highest BCUT2D eigenvalue weighted by atomic mass is 32.1. The Bertz CT molecular complexity index is 74.9. The molecule has 62 valence electrons. The zero-order valence-electron chi connectivity index (χ0n) is 6.49. The third-order valence-corrected chi connectivity index (χ3v) is 3.99. The van der Waals surface area contributed by atoms with Crippen molar-refractivity contribution in [2.24, 2.45) is 5.92 Å². The van der Waals surface area contributed by atoms with Gasteiger partial charge in [0.1, 0.15) is 0 Å². The van der Waals surface area contributed by atoms with Crippen LogP contribution in [0.5, 0.6) is 0 Å². The van der Waals surface area contributed by atoms with E-state index in [9.17, 15) is 0 Å². The zero-order valence-corrected chi connectivity index (χ0v) is 9.17. The molecular formula is C7H16S3. The summed E-state index contributed by atoms with van der Waals surface area (Å²) in [4.78, 5) is 0. The van der Waals surface area contributed by atoms with E-state index in [1.54, 1.807) is 0 Å². The molecule has 0 aliphatic carbocycles. The van der Waals surface area contributed by atoms with Gasteiger partial charge >= 0.3 is 0 Å². The molecule has 0 aromatic carbocycles. The topological polar surface area (TPSA) is 0 Å². The van der Waals surface area contributed by atoms with Crippen molar-refractivity contribution in [2.75, 3.05) is 5.75 Å².